The first-order chi connectivity index (χ1) is 20.2. The summed E-state index contributed by atoms with van der Waals surface area (Å²) >= 11 is 0. The minimum absolute atomic E-state index is 0.127. The predicted molar refractivity (Wildman–Crippen MR) is 149 cm³/mol. The minimum atomic E-state index is -5.15. The van der Waals surface area contributed by atoms with Crippen LogP contribution in [0.1, 0.15) is 57.4 Å². The maximum atomic E-state index is 12.6. The number of ether oxygens (including phenoxy) is 1. The highest BCUT2D eigenvalue weighted by molar-refractivity contribution is 7.81. The van der Waals surface area contributed by atoms with Crippen molar-refractivity contribution in [3.8, 4) is 5.75 Å². The lowest BCUT2D eigenvalue weighted by molar-refractivity contribution is -0.141. The quantitative estimate of drug-likeness (QED) is 0.0322. The van der Waals surface area contributed by atoms with Gasteiger partial charge in [-0.05, 0) is 69.8 Å². The molecule has 18 heteroatoms. The van der Waals surface area contributed by atoms with E-state index in [4.69, 9.17) is 14.9 Å². The zero-order valence-electron chi connectivity index (χ0n) is 23.6. The molecule has 0 bridgehead atoms. The van der Waals surface area contributed by atoms with Crippen molar-refractivity contribution in [3.05, 3.63) is 29.8 Å². The molecule has 0 aromatic heterocycles. The second-order valence-electron chi connectivity index (χ2n) is 9.65. The van der Waals surface area contributed by atoms with Crippen molar-refractivity contribution in [1.82, 2.24) is 21.3 Å². The topological polar surface area (TPSA) is 253 Å². The Hall–Kier alpha value is -3.13. The van der Waals surface area contributed by atoms with Gasteiger partial charge >= 0.3 is 28.6 Å². The minimum Gasteiger partial charge on any atom is -0.480 e. The molecule has 0 aliphatic heterocycles. The van der Waals surface area contributed by atoms with E-state index in [0.717, 1.165) is 6.42 Å². The third-order valence-electron chi connectivity index (χ3n) is 6.04. The summed E-state index contributed by atoms with van der Waals surface area (Å²) < 4.78 is 42.7. The molecule has 0 radical (unpaired) electrons. The molecule has 0 aliphatic rings. The van der Waals surface area contributed by atoms with Gasteiger partial charge in [0, 0.05) is 6.42 Å². The Bertz CT molecular complexity index is 1100. The molecule has 5 atom stereocenters. The molecule has 1 aromatic rings. The predicted octanol–water partition coefficient (Wildman–Crippen LogP) is 0.453. The molecule has 0 saturated carbocycles. The monoisotopic (exact) mass is 640 g/mol. The Labute approximate surface area is 249 Å². The first kappa shape index (κ1) is 37.9. The molecule has 0 amide bonds. The lowest BCUT2D eigenvalue weighted by atomic mass is 10.1. The van der Waals surface area contributed by atoms with Crippen LogP contribution in [-0.2, 0) is 31.3 Å². The van der Waals surface area contributed by atoms with Crippen molar-refractivity contribution in [1.29, 1.82) is 0 Å². The van der Waals surface area contributed by atoms with Gasteiger partial charge in [0.2, 0.25) is 0 Å². The van der Waals surface area contributed by atoms with Crippen molar-refractivity contribution < 1.29 is 61.1 Å². The normalized spacial score (nSPS) is 15.2. The number of benzene rings is 1. The van der Waals surface area contributed by atoms with E-state index in [2.05, 4.69) is 25.5 Å². The van der Waals surface area contributed by atoms with Crippen LogP contribution < -0.4 is 25.5 Å². The fourth-order valence-electron chi connectivity index (χ4n) is 3.86. The number of unbranched alkanes of at least 4 members (excludes halogenated alkanes) is 3. The van der Waals surface area contributed by atoms with Crippen molar-refractivity contribution in [2.75, 3.05) is 13.1 Å². The molecule has 246 valence electrons. The third-order valence-corrected chi connectivity index (χ3v) is 6.44. The van der Waals surface area contributed by atoms with Crippen LogP contribution in [0.15, 0.2) is 24.3 Å². The number of carboxylic acid groups (broad SMARTS) is 3. The second kappa shape index (κ2) is 19.9. The van der Waals surface area contributed by atoms with Gasteiger partial charge in [0.25, 0.3) is 0 Å². The van der Waals surface area contributed by atoms with Crippen molar-refractivity contribution in [3.63, 3.8) is 0 Å². The summed E-state index contributed by atoms with van der Waals surface area (Å²) in [5.74, 6) is -2.61. The fraction of sp³-hybridized carbons (Fsp3) is 0.640. The number of aliphatic carboxylic acids is 2. The van der Waals surface area contributed by atoms with Crippen LogP contribution in [0.3, 0.4) is 0 Å². The van der Waals surface area contributed by atoms with Gasteiger partial charge in [-0.25, -0.2) is 4.79 Å². The summed E-state index contributed by atoms with van der Waals surface area (Å²) in [5, 5.41) is 57.7. The number of nitrogens with one attached hydrogen (secondary N) is 4. The average molecular weight is 641 g/mol. The Morgan fingerprint density at radius 2 is 1.47 bits per heavy atom. The molecule has 0 fully saturated rings. The van der Waals surface area contributed by atoms with Gasteiger partial charge in [-0.3, -0.25) is 30.9 Å². The number of hydrogen-bond acceptors (Lipinski definition) is 13. The molecule has 9 N–H and O–H groups in total. The Kier molecular flexibility index (Phi) is 17.6. The molecule has 2 unspecified atom stereocenters. The third kappa shape index (κ3) is 18.9. The second-order valence-corrected chi connectivity index (χ2v) is 10.6. The van der Waals surface area contributed by atoms with E-state index in [-0.39, 0.29) is 18.6 Å². The fourth-order valence-corrected chi connectivity index (χ4v) is 4.20. The number of halogens is 1. The van der Waals surface area contributed by atoms with Crippen LogP contribution in [0.25, 0.3) is 0 Å². The van der Waals surface area contributed by atoms with E-state index < -0.39 is 59.5 Å². The number of carboxylic acids is 2. The molecule has 0 saturated heterocycles. The van der Waals surface area contributed by atoms with Crippen LogP contribution in [0, 0.1) is 0 Å². The molecular formula is C25H41FN4O12S. The number of aliphatic hydroxyl groups is 2. The number of hydrogen-bond donors (Lipinski definition) is 9. The van der Waals surface area contributed by atoms with E-state index in [1.807, 2.05) is 0 Å². The highest BCUT2D eigenvalue weighted by Gasteiger charge is 2.22. The molecular weight excluding hydrogens is 599 g/mol. The standard InChI is InChI=1S/C25H41FN4O12S/c1-16(22(32)33)29-24(36)30-19(23(34)35)7-4-6-13-27-20(31)8-3-2-5-14-28-21(41-25(37)38)15-17-9-11-18(12-10-17)42-43(26,39)40/h9-12,16,19-21,24,27-31,36H,2-8,13-15H2,1H3,(H,32,33)(H,34,35)(H,37,38)/t16?,19?,20-,21-,24-/m0/s1. The molecule has 0 aliphatic carbocycles. The van der Waals surface area contributed by atoms with Crippen LogP contribution in [0.5, 0.6) is 5.75 Å². The molecule has 0 heterocycles. The number of carbonyl (C=O) groups is 3. The van der Waals surface area contributed by atoms with Crippen molar-refractivity contribution in [2.24, 2.45) is 0 Å². The maximum Gasteiger partial charge on any atom is 0.507 e. The highest BCUT2D eigenvalue weighted by Crippen LogP contribution is 2.16. The molecule has 1 rings (SSSR count). The van der Waals surface area contributed by atoms with Crippen LogP contribution in [-0.4, -0.2) is 96.0 Å². The molecule has 1 aromatic carbocycles. The Morgan fingerprint density at radius 3 is 2.05 bits per heavy atom. The van der Waals surface area contributed by atoms with E-state index in [1.165, 1.54) is 31.2 Å². The smallest absolute Gasteiger partial charge is 0.480 e. The van der Waals surface area contributed by atoms with Crippen LogP contribution in [0.4, 0.5) is 8.68 Å². The lowest BCUT2D eigenvalue weighted by Gasteiger charge is -2.22. The van der Waals surface area contributed by atoms with E-state index in [0.29, 0.717) is 50.8 Å². The lowest BCUT2D eigenvalue weighted by Crippen LogP contribution is -2.54. The van der Waals surface area contributed by atoms with Gasteiger partial charge in [-0.15, -0.1) is 0 Å². The van der Waals surface area contributed by atoms with Crippen molar-refractivity contribution in [2.45, 2.75) is 89.2 Å². The Balaban J connectivity index is 2.25. The van der Waals surface area contributed by atoms with Gasteiger partial charge in [-0.1, -0.05) is 28.9 Å². The summed E-state index contributed by atoms with van der Waals surface area (Å²) in [6, 6.07) is 3.18. The van der Waals surface area contributed by atoms with E-state index >= 15 is 0 Å². The molecule has 0 spiro atoms. The summed E-state index contributed by atoms with van der Waals surface area (Å²) in [6.07, 6.45) is -0.822. The Morgan fingerprint density at radius 1 is 0.860 bits per heavy atom. The van der Waals surface area contributed by atoms with Gasteiger partial charge in [-0.2, -0.15) is 8.42 Å². The summed E-state index contributed by atoms with van der Waals surface area (Å²) in [7, 11) is -5.15. The summed E-state index contributed by atoms with van der Waals surface area (Å²) in [6.45, 7) is 2.15. The zero-order valence-corrected chi connectivity index (χ0v) is 24.5. The molecule has 43 heavy (non-hydrogen) atoms. The first-order valence-electron chi connectivity index (χ1n) is 13.6. The average Bonchev–Trinajstić information content (AvgIpc) is 2.89. The van der Waals surface area contributed by atoms with E-state index in [1.54, 1.807) is 0 Å². The van der Waals surface area contributed by atoms with Gasteiger partial charge in [0.1, 0.15) is 24.1 Å². The molecule has 16 nitrogen and oxygen atoms in total. The maximum absolute atomic E-state index is 12.6. The number of aliphatic hydroxyl groups excluding tert-OH is 2. The number of rotatable bonds is 24. The summed E-state index contributed by atoms with van der Waals surface area (Å²) in [4.78, 5) is 33.2. The van der Waals surface area contributed by atoms with Gasteiger partial charge in [0.15, 0.2) is 12.6 Å². The van der Waals surface area contributed by atoms with Gasteiger partial charge in [0.05, 0.1) is 0 Å². The zero-order chi connectivity index (χ0) is 32.4. The van der Waals surface area contributed by atoms with Crippen LogP contribution in [0.2, 0.25) is 0 Å². The largest absolute Gasteiger partial charge is 0.507 e. The first-order valence-corrected chi connectivity index (χ1v) is 14.9. The van der Waals surface area contributed by atoms with E-state index in [9.17, 15) is 42.0 Å². The highest BCUT2D eigenvalue weighted by atomic mass is 32.3. The van der Waals surface area contributed by atoms with Gasteiger partial charge < -0.3 is 34.5 Å². The van der Waals surface area contributed by atoms with Crippen LogP contribution >= 0.6 is 0 Å². The van der Waals surface area contributed by atoms with Crippen molar-refractivity contribution >= 4 is 28.6 Å². The summed E-state index contributed by atoms with van der Waals surface area (Å²) in [5.41, 5.74) is 0.589. The SMILES string of the molecule is CC(N[C@H](O)NC(CCCCN[C@@H](O)CCCCCN[C@H](Cc1ccc(OS(=O)(=O)F)cc1)OC(=O)O)C(=O)O)C(=O)O.